The molecule has 0 saturated heterocycles. The average molecular weight is 236 g/mol. The molecule has 0 aromatic heterocycles. The van der Waals surface area contributed by atoms with Gasteiger partial charge in [0.1, 0.15) is 6.10 Å². The summed E-state index contributed by atoms with van der Waals surface area (Å²) in [4.78, 5) is 0. The van der Waals surface area contributed by atoms with Crippen LogP contribution in [0.15, 0.2) is 0 Å². The van der Waals surface area contributed by atoms with E-state index in [-0.39, 0.29) is 26.4 Å². The molecule has 0 radical (unpaired) electrons. The van der Waals surface area contributed by atoms with E-state index in [1.807, 2.05) is 0 Å². The summed E-state index contributed by atoms with van der Waals surface area (Å²) in [6.07, 6.45) is 1.22. The monoisotopic (exact) mass is 236 g/mol. The van der Waals surface area contributed by atoms with Gasteiger partial charge in [-0.15, -0.1) is 0 Å². The first-order chi connectivity index (χ1) is 7.76. The number of hydrogen-bond donors (Lipinski definition) is 3. The van der Waals surface area contributed by atoms with E-state index in [9.17, 15) is 5.11 Å². The van der Waals surface area contributed by atoms with Crippen molar-refractivity contribution in [3.05, 3.63) is 0 Å². The van der Waals surface area contributed by atoms with Crippen LogP contribution in [0.2, 0.25) is 0 Å². The molecule has 0 aliphatic rings. The van der Waals surface area contributed by atoms with Crippen molar-refractivity contribution in [2.24, 2.45) is 0 Å². The van der Waals surface area contributed by atoms with Crippen molar-refractivity contribution < 1.29 is 24.8 Å². The van der Waals surface area contributed by atoms with E-state index in [4.69, 9.17) is 19.7 Å². The van der Waals surface area contributed by atoms with E-state index in [0.29, 0.717) is 13.0 Å². The lowest BCUT2D eigenvalue weighted by atomic mass is 10.1. The van der Waals surface area contributed by atoms with Gasteiger partial charge in [0.15, 0.2) is 0 Å². The molecule has 0 aromatic carbocycles. The lowest BCUT2D eigenvalue weighted by Gasteiger charge is -2.22. The van der Waals surface area contributed by atoms with Crippen molar-refractivity contribution in [2.75, 3.05) is 33.0 Å². The van der Waals surface area contributed by atoms with Crippen LogP contribution in [0.25, 0.3) is 0 Å². The first-order valence-electron chi connectivity index (χ1n) is 5.85. The van der Waals surface area contributed by atoms with Crippen LogP contribution in [0.5, 0.6) is 0 Å². The highest BCUT2D eigenvalue weighted by Crippen LogP contribution is 2.06. The fraction of sp³-hybridized carbons (Fsp3) is 1.00. The number of unbranched alkanes of at least 4 members (excludes halogenated alkanes) is 1. The van der Waals surface area contributed by atoms with Gasteiger partial charge < -0.3 is 24.8 Å². The van der Waals surface area contributed by atoms with Crippen LogP contribution < -0.4 is 0 Å². The SMILES string of the molecule is CCCCOC(CCO)C(O)COCCO. The fourth-order valence-electron chi connectivity index (χ4n) is 1.27. The summed E-state index contributed by atoms with van der Waals surface area (Å²) in [5, 5.41) is 27.1. The van der Waals surface area contributed by atoms with Crippen molar-refractivity contribution >= 4 is 0 Å². The predicted molar refractivity (Wildman–Crippen MR) is 60.3 cm³/mol. The molecule has 2 atom stereocenters. The van der Waals surface area contributed by atoms with Gasteiger partial charge >= 0.3 is 0 Å². The molecule has 0 heterocycles. The molecule has 3 N–H and O–H groups in total. The fourth-order valence-corrected chi connectivity index (χ4v) is 1.27. The topological polar surface area (TPSA) is 79.2 Å². The molecule has 5 nitrogen and oxygen atoms in total. The summed E-state index contributed by atoms with van der Waals surface area (Å²) in [6, 6.07) is 0. The Morgan fingerprint density at radius 3 is 2.44 bits per heavy atom. The van der Waals surface area contributed by atoms with Gasteiger partial charge in [0, 0.05) is 13.2 Å². The largest absolute Gasteiger partial charge is 0.396 e. The molecule has 0 saturated carbocycles. The molecule has 0 aliphatic heterocycles. The second-order valence-corrected chi connectivity index (χ2v) is 3.64. The second kappa shape index (κ2) is 11.3. The van der Waals surface area contributed by atoms with Gasteiger partial charge in [0.25, 0.3) is 0 Å². The van der Waals surface area contributed by atoms with Crippen molar-refractivity contribution in [1.82, 2.24) is 0 Å². The van der Waals surface area contributed by atoms with Crippen LogP contribution in [-0.2, 0) is 9.47 Å². The summed E-state index contributed by atoms with van der Waals surface area (Å²) in [7, 11) is 0. The highest BCUT2D eigenvalue weighted by molar-refractivity contribution is 4.68. The van der Waals surface area contributed by atoms with E-state index >= 15 is 0 Å². The zero-order valence-electron chi connectivity index (χ0n) is 9.97. The van der Waals surface area contributed by atoms with Crippen LogP contribution in [0.4, 0.5) is 0 Å². The Bertz CT molecular complexity index is 142. The predicted octanol–water partition coefficient (Wildman–Crippen LogP) is -0.0761. The van der Waals surface area contributed by atoms with Crippen LogP contribution in [0, 0.1) is 0 Å². The first kappa shape index (κ1) is 15.8. The number of hydrogen-bond acceptors (Lipinski definition) is 5. The molecule has 0 aliphatic carbocycles. The minimum atomic E-state index is -0.754. The minimum Gasteiger partial charge on any atom is -0.396 e. The van der Waals surface area contributed by atoms with Crippen LogP contribution in [0.3, 0.4) is 0 Å². The molecule has 5 heteroatoms. The van der Waals surface area contributed by atoms with E-state index in [0.717, 1.165) is 12.8 Å². The third-order valence-electron chi connectivity index (χ3n) is 2.20. The van der Waals surface area contributed by atoms with Gasteiger partial charge in [-0.05, 0) is 12.8 Å². The lowest BCUT2D eigenvalue weighted by Crippen LogP contribution is -2.34. The van der Waals surface area contributed by atoms with E-state index < -0.39 is 12.2 Å². The van der Waals surface area contributed by atoms with Crippen LogP contribution in [-0.4, -0.2) is 60.6 Å². The summed E-state index contributed by atoms with van der Waals surface area (Å²) in [6.45, 7) is 2.89. The number of rotatable bonds is 11. The third-order valence-corrected chi connectivity index (χ3v) is 2.20. The van der Waals surface area contributed by atoms with Gasteiger partial charge in [-0.3, -0.25) is 0 Å². The number of aliphatic hydroxyl groups excluding tert-OH is 3. The summed E-state index contributed by atoms with van der Waals surface area (Å²) < 4.78 is 10.5. The number of aliphatic hydroxyl groups is 3. The molecule has 0 spiro atoms. The molecule has 2 unspecified atom stereocenters. The first-order valence-corrected chi connectivity index (χ1v) is 5.85. The normalized spacial score (nSPS) is 15.0. The van der Waals surface area contributed by atoms with Crippen LogP contribution in [0.1, 0.15) is 26.2 Å². The zero-order valence-corrected chi connectivity index (χ0v) is 9.97. The van der Waals surface area contributed by atoms with E-state index in [1.54, 1.807) is 0 Å². The summed E-state index contributed by atoms with van der Waals surface area (Å²) >= 11 is 0. The van der Waals surface area contributed by atoms with Gasteiger partial charge in [0.2, 0.25) is 0 Å². The Morgan fingerprint density at radius 2 is 1.88 bits per heavy atom. The van der Waals surface area contributed by atoms with Crippen LogP contribution >= 0.6 is 0 Å². The van der Waals surface area contributed by atoms with Crippen molar-refractivity contribution in [3.63, 3.8) is 0 Å². The molecule has 0 fully saturated rings. The number of ether oxygens (including phenoxy) is 2. The minimum absolute atomic E-state index is 0.0200. The highest BCUT2D eigenvalue weighted by Gasteiger charge is 2.19. The Labute approximate surface area is 97.0 Å². The second-order valence-electron chi connectivity index (χ2n) is 3.64. The van der Waals surface area contributed by atoms with Gasteiger partial charge in [0.05, 0.1) is 25.9 Å². The molecule has 98 valence electrons. The third kappa shape index (κ3) is 8.01. The summed E-state index contributed by atoms with van der Waals surface area (Å²) in [5.41, 5.74) is 0. The molecule has 0 bridgehead atoms. The molecule has 0 rings (SSSR count). The van der Waals surface area contributed by atoms with E-state index in [2.05, 4.69) is 6.92 Å². The van der Waals surface area contributed by atoms with Crippen molar-refractivity contribution in [1.29, 1.82) is 0 Å². The Kier molecular flexibility index (Phi) is 11.1. The maximum absolute atomic E-state index is 9.72. The maximum Gasteiger partial charge on any atom is 0.103 e. The Balaban J connectivity index is 3.77. The standard InChI is InChI=1S/C11H24O5/c1-2-3-7-16-11(4-5-12)10(14)9-15-8-6-13/h10-14H,2-9H2,1H3. The smallest absolute Gasteiger partial charge is 0.103 e. The molecular formula is C11H24O5. The Morgan fingerprint density at radius 1 is 1.12 bits per heavy atom. The molecule has 0 amide bonds. The van der Waals surface area contributed by atoms with Crippen molar-refractivity contribution in [3.8, 4) is 0 Å². The zero-order chi connectivity index (χ0) is 12.2. The van der Waals surface area contributed by atoms with E-state index in [1.165, 1.54) is 0 Å². The average Bonchev–Trinajstić information content (AvgIpc) is 2.28. The van der Waals surface area contributed by atoms with Gasteiger partial charge in [-0.25, -0.2) is 0 Å². The van der Waals surface area contributed by atoms with Gasteiger partial charge in [-0.1, -0.05) is 13.3 Å². The lowest BCUT2D eigenvalue weighted by molar-refractivity contribution is -0.0822. The Hall–Kier alpha value is -0.200. The summed E-state index contributed by atoms with van der Waals surface area (Å²) in [5.74, 6) is 0. The highest BCUT2D eigenvalue weighted by atomic mass is 16.5. The molecule has 0 aromatic rings. The maximum atomic E-state index is 9.72. The van der Waals surface area contributed by atoms with Crippen molar-refractivity contribution in [2.45, 2.75) is 38.4 Å². The molecule has 16 heavy (non-hydrogen) atoms. The van der Waals surface area contributed by atoms with Gasteiger partial charge in [-0.2, -0.15) is 0 Å². The quantitative estimate of drug-likeness (QED) is 0.437. The molecular weight excluding hydrogens is 212 g/mol.